The van der Waals surface area contributed by atoms with Crippen LogP contribution in [0.1, 0.15) is 24.8 Å². The van der Waals surface area contributed by atoms with Crippen molar-refractivity contribution in [1.82, 2.24) is 10.2 Å². The van der Waals surface area contributed by atoms with Gasteiger partial charge in [-0.3, -0.25) is 4.99 Å². The van der Waals surface area contributed by atoms with Crippen molar-refractivity contribution in [1.29, 1.82) is 0 Å². The Morgan fingerprint density at radius 1 is 1.38 bits per heavy atom. The first-order valence-electron chi connectivity index (χ1n) is 7.75. The van der Waals surface area contributed by atoms with Crippen molar-refractivity contribution in [3.05, 3.63) is 35.9 Å². The third kappa shape index (κ3) is 4.21. The van der Waals surface area contributed by atoms with E-state index in [0.29, 0.717) is 18.4 Å². The lowest BCUT2D eigenvalue weighted by Crippen LogP contribution is -2.48. The molecule has 2 rings (SSSR count). The molecule has 0 aromatic heterocycles. The second-order valence-electron chi connectivity index (χ2n) is 5.70. The molecular weight excluding hydrogens is 262 g/mol. The number of rotatable bonds is 4. The van der Waals surface area contributed by atoms with E-state index in [1.54, 1.807) is 7.11 Å². The summed E-state index contributed by atoms with van der Waals surface area (Å²) in [7, 11) is 3.57. The predicted molar refractivity (Wildman–Crippen MR) is 87.8 cm³/mol. The molecule has 0 radical (unpaired) electrons. The van der Waals surface area contributed by atoms with Crippen LogP contribution < -0.4 is 5.32 Å². The molecule has 0 saturated carbocycles. The number of nitrogens with zero attached hydrogens (tertiary/aromatic N) is 2. The van der Waals surface area contributed by atoms with Gasteiger partial charge in [0.2, 0.25) is 0 Å². The highest BCUT2D eigenvalue weighted by atomic mass is 16.5. The van der Waals surface area contributed by atoms with Gasteiger partial charge in [0.15, 0.2) is 5.96 Å². The first-order valence-corrected chi connectivity index (χ1v) is 7.75. The second-order valence-corrected chi connectivity index (χ2v) is 5.70. The zero-order chi connectivity index (χ0) is 15.1. The van der Waals surface area contributed by atoms with Gasteiger partial charge in [0.05, 0.1) is 6.61 Å². The molecule has 1 aromatic rings. The van der Waals surface area contributed by atoms with Gasteiger partial charge in [-0.25, -0.2) is 0 Å². The Morgan fingerprint density at radius 2 is 2.14 bits per heavy atom. The molecule has 116 valence electrons. The van der Waals surface area contributed by atoms with Crippen LogP contribution >= 0.6 is 0 Å². The third-order valence-corrected chi connectivity index (χ3v) is 4.23. The molecule has 0 bridgehead atoms. The lowest BCUT2D eigenvalue weighted by atomic mass is 9.82. The third-order valence-electron chi connectivity index (χ3n) is 4.23. The molecule has 1 fully saturated rings. The number of methoxy groups -OCH3 is 1. The zero-order valence-corrected chi connectivity index (χ0v) is 13.4. The number of hydrogen-bond donors (Lipinski definition) is 1. The van der Waals surface area contributed by atoms with Crippen molar-refractivity contribution in [2.24, 2.45) is 10.9 Å². The summed E-state index contributed by atoms with van der Waals surface area (Å²) in [5.74, 6) is 2.27. The molecule has 2 atom stereocenters. The number of guanidine groups is 1. The average Bonchev–Trinajstić information content (AvgIpc) is 2.52. The molecule has 1 saturated heterocycles. The van der Waals surface area contributed by atoms with Crippen LogP contribution in [-0.4, -0.2) is 51.3 Å². The van der Waals surface area contributed by atoms with Gasteiger partial charge in [0, 0.05) is 33.8 Å². The van der Waals surface area contributed by atoms with E-state index in [1.165, 1.54) is 12.0 Å². The monoisotopic (exact) mass is 289 g/mol. The highest BCUT2D eigenvalue weighted by Crippen LogP contribution is 2.32. The van der Waals surface area contributed by atoms with E-state index in [1.807, 2.05) is 7.05 Å². The number of hydrogen-bond acceptors (Lipinski definition) is 2. The molecule has 1 N–H and O–H groups in total. The summed E-state index contributed by atoms with van der Waals surface area (Å²) in [6.07, 6.45) is 1.18. The lowest BCUT2D eigenvalue weighted by Gasteiger charge is -2.38. The first kappa shape index (κ1) is 15.8. The van der Waals surface area contributed by atoms with Crippen LogP contribution in [-0.2, 0) is 4.74 Å². The molecule has 0 spiro atoms. The van der Waals surface area contributed by atoms with E-state index in [0.717, 1.165) is 25.6 Å². The van der Waals surface area contributed by atoms with E-state index < -0.39 is 0 Å². The van der Waals surface area contributed by atoms with Crippen molar-refractivity contribution >= 4 is 5.96 Å². The number of likely N-dealkylation sites (tertiary alicyclic amines) is 1. The summed E-state index contributed by atoms with van der Waals surface area (Å²) in [6.45, 7) is 5.94. The Hall–Kier alpha value is -1.55. The van der Waals surface area contributed by atoms with E-state index in [-0.39, 0.29) is 0 Å². The molecule has 4 nitrogen and oxygen atoms in total. The minimum Gasteiger partial charge on any atom is -0.383 e. The minimum absolute atomic E-state index is 0.627. The van der Waals surface area contributed by atoms with Crippen LogP contribution in [0.15, 0.2) is 35.3 Å². The van der Waals surface area contributed by atoms with Gasteiger partial charge < -0.3 is 15.0 Å². The zero-order valence-electron chi connectivity index (χ0n) is 13.4. The van der Waals surface area contributed by atoms with Crippen molar-refractivity contribution in [2.75, 3.05) is 40.4 Å². The van der Waals surface area contributed by atoms with E-state index >= 15 is 0 Å². The summed E-state index contributed by atoms with van der Waals surface area (Å²) in [5.41, 5.74) is 1.46. The molecule has 1 aromatic carbocycles. The maximum atomic E-state index is 5.08. The quantitative estimate of drug-likeness (QED) is 0.525. The largest absolute Gasteiger partial charge is 0.383 e. The van der Waals surface area contributed by atoms with Gasteiger partial charge in [-0.2, -0.15) is 0 Å². The van der Waals surface area contributed by atoms with Crippen molar-refractivity contribution < 1.29 is 4.74 Å². The summed E-state index contributed by atoms with van der Waals surface area (Å²) in [6, 6.07) is 10.9. The normalized spacial score (nSPS) is 23.2. The summed E-state index contributed by atoms with van der Waals surface area (Å²) < 4.78 is 5.08. The molecule has 0 amide bonds. The fourth-order valence-corrected chi connectivity index (χ4v) is 3.13. The Bertz CT molecular complexity index is 447. The Labute approximate surface area is 128 Å². The van der Waals surface area contributed by atoms with Crippen LogP contribution in [0.25, 0.3) is 0 Å². The fourth-order valence-electron chi connectivity index (χ4n) is 3.13. The molecule has 2 unspecified atom stereocenters. The standard InChI is InChI=1S/C17H27N3O/c1-14-13-20(17(18-2)19-10-12-21-3)11-9-16(14)15-7-5-4-6-8-15/h4-8,14,16H,9-13H2,1-3H3,(H,18,19). The van der Waals surface area contributed by atoms with Crippen molar-refractivity contribution in [3.8, 4) is 0 Å². The maximum absolute atomic E-state index is 5.08. The number of ether oxygens (including phenoxy) is 1. The van der Waals surface area contributed by atoms with Crippen molar-refractivity contribution in [2.45, 2.75) is 19.3 Å². The van der Waals surface area contributed by atoms with Crippen LogP contribution in [0.4, 0.5) is 0 Å². The molecule has 0 aliphatic carbocycles. The van der Waals surface area contributed by atoms with Crippen LogP contribution in [0, 0.1) is 5.92 Å². The molecule has 1 aliphatic rings. The summed E-state index contributed by atoms with van der Waals surface area (Å²) >= 11 is 0. The highest BCUT2D eigenvalue weighted by molar-refractivity contribution is 5.80. The van der Waals surface area contributed by atoms with E-state index in [2.05, 4.69) is 52.5 Å². The van der Waals surface area contributed by atoms with Gasteiger partial charge in [-0.1, -0.05) is 37.3 Å². The summed E-state index contributed by atoms with van der Waals surface area (Å²) in [4.78, 5) is 6.75. The molecule has 21 heavy (non-hydrogen) atoms. The number of aliphatic imine (C=N–C) groups is 1. The minimum atomic E-state index is 0.627. The topological polar surface area (TPSA) is 36.9 Å². The van der Waals surface area contributed by atoms with Gasteiger partial charge in [-0.15, -0.1) is 0 Å². The van der Waals surface area contributed by atoms with Crippen LogP contribution in [0.2, 0.25) is 0 Å². The molecule has 4 heteroatoms. The van der Waals surface area contributed by atoms with Crippen LogP contribution in [0.3, 0.4) is 0 Å². The predicted octanol–water partition coefficient (Wildman–Crippen LogP) is 2.33. The van der Waals surface area contributed by atoms with Gasteiger partial charge in [0.25, 0.3) is 0 Å². The number of piperidine rings is 1. The van der Waals surface area contributed by atoms with E-state index in [9.17, 15) is 0 Å². The SMILES string of the molecule is CN=C(NCCOC)N1CCC(c2ccccc2)C(C)C1. The van der Waals surface area contributed by atoms with Crippen LogP contribution in [0.5, 0.6) is 0 Å². The lowest BCUT2D eigenvalue weighted by molar-refractivity contribution is 0.199. The average molecular weight is 289 g/mol. The van der Waals surface area contributed by atoms with Crippen molar-refractivity contribution in [3.63, 3.8) is 0 Å². The Morgan fingerprint density at radius 3 is 2.76 bits per heavy atom. The van der Waals surface area contributed by atoms with E-state index in [4.69, 9.17) is 4.74 Å². The Balaban J connectivity index is 1.93. The highest BCUT2D eigenvalue weighted by Gasteiger charge is 2.28. The second kappa shape index (κ2) is 8.03. The summed E-state index contributed by atoms with van der Waals surface area (Å²) in [5, 5.41) is 3.37. The van der Waals surface area contributed by atoms with Gasteiger partial charge in [0.1, 0.15) is 0 Å². The molecular formula is C17H27N3O. The maximum Gasteiger partial charge on any atom is 0.193 e. The molecule has 1 heterocycles. The number of nitrogens with one attached hydrogen (secondary N) is 1. The smallest absolute Gasteiger partial charge is 0.193 e. The molecule has 1 aliphatic heterocycles. The number of benzene rings is 1. The Kier molecular flexibility index (Phi) is 6.05. The van der Waals surface area contributed by atoms with Gasteiger partial charge >= 0.3 is 0 Å². The first-order chi connectivity index (χ1) is 10.3. The fraction of sp³-hybridized carbons (Fsp3) is 0.588. The van der Waals surface area contributed by atoms with Gasteiger partial charge in [-0.05, 0) is 23.8 Å².